The number of halogens is 2. The summed E-state index contributed by atoms with van der Waals surface area (Å²) in [5, 5.41) is 6.18. The Bertz CT molecular complexity index is 942. The van der Waals surface area contributed by atoms with E-state index in [0.717, 1.165) is 0 Å². The van der Waals surface area contributed by atoms with Gasteiger partial charge in [-0.1, -0.05) is 58.6 Å². The first-order valence-electron chi connectivity index (χ1n) is 7.01. The zero-order valence-electron chi connectivity index (χ0n) is 12.8. The summed E-state index contributed by atoms with van der Waals surface area (Å²) in [7, 11) is 1.36. The monoisotopic (exact) mass is 376 g/mol. The van der Waals surface area contributed by atoms with Crippen LogP contribution in [0.3, 0.4) is 0 Å². The van der Waals surface area contributed by atoms with Crippen LogP contribution in [0.5, 0.6) is 5.75 Å². The molecule has 1 heterocycles. The molecule has 7 nitrogen and oxygen atoms in total. The lowest BCUT2D eigenvalue weighted by atomic mass is 9.79. The zero-order valence-corrected chi connectivity index (χ0v) is 14.3. The SMILES string of the molecule is COc1c(Cl)cc2c(c1Cl)NC(=O)C(N=[N+]=[N-])(c1ccccc1)C2=O. The number of fused-ring (bicyclic) bond motifs is 1. The molecule has 1 amide bonds. The van der Waals surface area contributed by atoms with Crippen molar-refractivity contribution in [3.8, 4) is 5.75 Å². The smallest absolute Gasteiger partial charge is 0.249 e. The van der Waals surface area contributed by atoms with Crippen LogP contribution < -0.4 is 10.1 Å². The number of carbonyl (C=O) groups is 2. The fourth-order valence-electron chi connectivity index (χ4n) is 2.75. The second-order valence-electron chi connectivity index (χ2n) is 5.18. The summed E-state index contributed by atoms with van der Waals surface area (Å²) >= 11 is 12.3. The number of methoxy groups -OCH3 is 1. The first-order valence-corrected chi connectivity index (χ1v) is 7.77. The number of carbonyl (C=O) groups excluding carboxylic acids is 2. The van der Waals surface area contributed by atoms with Crippen LogP contribution in [0, 0.1) is 0 Å². The molecule has 9 heteroatoms. The minimum Gasteiger partial charge on any atom is -0.494 e. The molecule has 0 radical (unpaired) electrons. The molecule has 2 aromatic rings. The highest BCUT2D eigenvalue weighted by atomic mass is 35.5. The Morgan fingerprint density at radius 2 is 1.92 bits per heavy atom. The normalized spacial score (nSPS) is 18.8. The van der Waals surface area contributed by atoms with Gasteiger partial charge in [-0.15, -0.1) is 0 Å². The number of hydrogen-bond acceptors (Lipinski definition) is 4. The summed E-state index contributed by atoms with van der Waals surface area (Å²) in [5.74, 6) is -1.40. The van der Waals surface area contributed by atoms with Gasteiger partial charge in [0.2, 0.25) is 11.4 Å². The maximum absolute atomic E-state index is 13.2. The molecular formula is C16H10Cl2N4O3. The molecular weight excluding hydrogens is 367 g/mol. The zero-order chi connectivity index (χ0) is 18.2. The summed E-state index contributed by atoms with van der Waals surface area (Å²) in [5.41, 5.74) is 7.24. The van der Waals surface area contributed by atoms with Crippen molar-refractivity contribution in [2.24, 2.45) is 5.11 Å². The number of ether oxygens (including phenoxy) is 1. The van der Waals surface area contributed by atoms with Crippen molar-refractivity contribution < 1.29 is 14.3 Å². The van der Waals surface area contributed by atoms with Crippen molar-refractivity contribution >= 4 is 40.6 Å². The van der Waals surface area contributed by atoms with E-state index in [1.54, 1.807) is 18.2 Å². The Labute approximate surface area is 152 Å². The van der Waals surface area contributed by atoms with E-state index in [1.165, 1.54) is 25.3 Å². The molecule has 25 heavy (non-hydrogen) atoms. The Morgan fingerprint density at radius 3 is 2.52 bits per heavy atom. The minimum absolute atomic E-state index is 0.00528. The van der Waals surface area contributed by atoms with E-state index < -0.39 is 17.2 Å². The molecule has 1 aliphatic heterocycles. The number of nitrogens with zero attached hydrogens (tertiary/aromatic N) is 3. The van der Waals surface area contributed by atoms with Crippen LogP contribution >= 0.6 is 23.2 Å². The van der Waals surface area contributed by atoms with Crippen LogP contribution in [0.25, 0.3) is 10.4 Å². The first-order chi connectivity index (χ1) is 12.0. The lowest BCUT2D eigenvalue weighted by Gasteiger charge is -2.32. The van der Waals surface area contributed by atoms with Gasteiger partial charge in [-0.2, -0.15) is 0 Å². The van der Waals surface area contributed by atoms with Gasteiger partial charge in [-0.05, 0) is 17.2 Å². The van der Waals surface area contributed by atoms with Crippen LogP contribution in [-0.4, -0.2) is 18.8 Å². The standard InChI is InChI=1S/C16H10Cl2N4O3/c1-25-13-10(17)7-9-12(11(13)18)20-15(24)16(14(9)23,21-22-19)8-5-3-2-4-6-8/h2-7H,1H3,(H,20,24). The van der Waals surface area contributed by atoms with Crippen molar-refractivity contribution in [1.29, 1.82) is 0 Å². The Hall–Kier alpha value is -2.73. The van der Waals surface area contributed by atoms with Crippen molar-refractivity contribution in [3.63, 3.8) is 0 Å². The van der Waals surface area contributed by atoms with E-state index >= 15 is 0 Å². The summed E-state index contributed by atoms with van der Waals surface area (Å²) in [4.78, 5) is 28.7. The van der Waals surface area contributed by atoms with Crippen molar-refractivity contribution in [3.05, 3.63) is 68.0 Å². The molecule has 2 aromatic carbocycles. The average Bonchev–Trinajstić information content (AvgIpc) is 2.61. The number of Topliss-reactive ketones (excluding diaryl/α,β-unsaturated/α-hetero) is 1. The molecule has 0 fully saturated rings. The van der Waals surface area contributed by atoms with Crippen LogP contribution in [0.15, 0.2) is 41.5 Å². The molecule has 0 saturated carbocycles. The van der Waals surface area contributed by atoms with Gasteiger partial charge in [-0.25, -0.2) is 0 Å². The average molecular weight is 377 g/mol. The number of nitrogens with one attached hydrogen (secondary N) is 1. The number of azide groups is 1. The predicted molar refractivity (Wildman–Crippen MR) is 93.2 cm³/mol. The van der Waals surface area contributed by atoms with E-state index in [2.05, 4.69) is 15.3 Å². The number of amides is 1. The van der Waals surface area contributed by atoms with E-state index in [0.29, 0.717) is 0 Å². The first kappa shape index (κ1) is 17.1. The van der Waals surface area contributed by atoms with Crippen molar-refractivity contribution in [1.82, 2.24) is 0 Å². The number of rotatable bonds is 3. The van der Waals surface area contributed by atoms with E-state index in [9.17, 15) is 9.59 Å². The Kier molecular flexibility index (Phi) is 4.30. The molecule has 0 saturated heterocycles. The molecule has 0 bridgehead atoms. The molecule has 0 aromatic heterocycles. The van der Waals surface area contributed by atoms with Gasteiger partial charge in [0.25, 0.3) is 0 Å². The molecule has 1 atom stereocenters. The van der Waals surface area contributed by atoms with Crippen molar-refractivity contribution in [2.45, 2.75) is 5.54 Å². The van der Waals surface area contributed by atoms with E-state index in [1.807, 2.05) is 0 Å². The molecule has 1 aliphatic rings. The van der Waals surface area contributed by atoms with Crippen LogP contribution in [0.2, 0.25) is 10.0 Å². The molecule has 1 unspecified atom stereocenters. The van der Waals surface area contributed by atoms with Crippen molar-refractivity contribution in [2.75, 3.05) is 12.4 Å². The molecule has 3 rings (SSSR count). The summed E-state index contributed by atoms with van der Waals surface area (Å²) in [6.45, 7) is 0. The van der Waals surface area contributed by atoms with Crippen LogP contribution in [0.1, 0.15) is 15.9 Å². The van der Waals surface area contributed by atoms with Gasteiger partial charge >= 0.3 is 0 Å². The molecule has 1 N–H and O–H groups in total. The van der Waals surface area contributed by atoms with Gasteiger partial charge in [0.15, 0.2) is 11.5 Å². The van der Waals surface area contributed by atoms with Crippen LogP contribution in [0.4, 0.5) is 5.69 Å². The van der Waals surface area contributed by atoms with Gasteiger partial charge in [0, 0.05) is 10.5 Å². The minimum atomic E-state index is -2.08. The number of anilines is 1. The van der Waals surface area contributed by atoms with Crippen LogP contribution in [-0.2, 0) is 10.3 Å². The maximum atomic E-state index is 13.2. The number of ketones is 1. The van der Waals surface area contributed by atoms with Gasteiger partial charge in [-0.3, -0.25) is 9.59 Å². The molecule has 0 aliphatic carbocycles. The molecule has 0 spiro atoms. The quantitative estimate of drug-likeness (QED) is 0.372. The summed E-state index contributed by atoms with van der Waals surface area (Å²) < 4.78 is 5.09. The lowest BCUT2D eigenvalue weighted by molar-refractivity contribution is -0.120. The van der Waals surface area contributed by atoms with E-state index in [4.69, 9.17) is 33.5 Å². The number of hydrogen-bond donors (Lipinski definition) is 1. The third-order valence-corrected chi connectivity index (χ3v) is 4.55. The predicted octanol–water partition coefficient (Wildman–Crippen LogP) is 4.34. The number of benzene rings is 2. The Balaban J connectivity index is 2.32. The fraction of sp³-hybridized carbons (Fsp3) is 0.125. The van der Waals surface area contributed by atoms with Gasteiger partial charge in [0.1, 0.15) is 5.02 Å². The van der Waals surface area contributed by atoms with Gasteiger partial charge < -0.3 is 10.1 Å². The highest BCUT2D eigenvalue weighted by molar-refractivity contribution is 6.42. The maximum Gasteiger partial charge on any atom is 0.249 e. The summed E-state index contributed by atoms with van der Waals surface area (Å²) in [6, 6.07) is 9.37. The lowest BCUT2D eigenvalue weighted by Crippen LogP contribution is -2.49. The summed E-state index contributed by atoms with van der Waals surface area (Å²) in [6.07, 6.45) is 0. The highest BCUT2D eigenvalue weighted by Crippen LogP contribution is 2.46. The second kappa shape index (κ2) is 6.29. The second-order valence-corrected chi connectivity index (χ2v) is 5.96. The van der Waals surface area contributed by atoms with Gasteiger partial charge in [0.05, 0.1) is 17.8 Å². The Morgan fingerprint density at radius 1 is 1.24 bits per heavy atom. The largest absolute Gasteiger partial charge is 0.494 e. The highest BCUT2D eigenvalue weighted by Gasteiger charge is 2.52. The third-order valence-electron chi connectivity index (χ3n) is 3.91. The molecule has 126 valence electrons. The van der Waals surface area contributed by atoms with E-state index in [-0.39, 0.29) is 32.6 Å². The third kappa shape index (κ3) is 2.41. The fourth-order valence-corrected chi connectivity index (χ4v) is 3.41. The topological polar surface area (TPSA) is 104 Å².